The topological polar surface area (TPSA) is 97.5 Å². The zero-order valence-corrected chi connectivity index (χ0v) is 16.7. The minimum absolute atomic E-state index is 0.240. The van der Waals surface area contributed by atoms with Crippen LogP contribution in [0.2, 0.25) is 0 Å². The Morgan fingerprint density at radius 2 is 2.10 bits per heavy atom. The Morgan fingerprint density at radius 1 is 1.28 bits per heavy atom. The molecular formula is C20H23N7O2. The fourth-order valence-electron chi connectivity index (χ4n) is 4.34. The number of carbonyl (C=O) groups excluding carboxylic acids is 1. The zero-order valence-electron chi connectivity index (χ0n) is 16.7. The largest absolute Gasteiger partial charge is 0.478 e. The smallest absolute Gasteiger partial charge is 0.277 e. The predicted molar refractivity (Wildman–Crippen MR) is 107 cm³/mol. The summed E-state index contributed by atoms with van der Waals surface area (Å²) in [6, 6.07) is 0. The molecule has 3 aromatic heterocycles. The molecule has 1 aliphatic heterocycles. The number of amides is 1. The normalized spacial score (nSPS) is 19.3. The molecule has 2 fully saturated rings. The summed E-state index contributed by atoms with van der Waals surface area (Å²) in [5.74, 6) is 2.01. The number of fused-ring (bicyclic) bond motifs is 1. The van der Waals surface area contributed by atoms with Gasteiger partial charge >= 0.3 is 0 Å². The second-order valence-electron chi connectivity index (χ2n) is 7.99. The fraction of sp³-hybridized carbons (Fsp3) is 0.450. The molecule has 0 unspecified atom stereocenters. The first-order valence-corrected chi connectivity index (χ1v) is 9.80. The maximum absolute atomic E-state index is 12.6. The number of carbonyl (C=O) groups is 1. The Bertz CT molecular complexity index is 1090. The van der Waals surface area contributed by atoms with E-state index in [0.717, 1.165) is 30.5 Å². The van der Waals surface area contributed by atoms with Gasteiger partial charge in [0.25, 0.3) is 11.8 Å². The highest BCUT2D eigenvalue weighted by Crippen LogP contribution is 2.60. The van der Waals surface area contributed by atoms with Gasteiger partial charge in [-0.1, -0.05) is 13.3 Å². The van der Waals surface area contributed by atoms with Crippen LogP contribution in [0.1, 0.15) is 35.9 Å². The average Bonchev–Trinajstić information content (AvgIpc) is 3.32. The van der Waals surface area contributed by atoms with Crippen LogP contribution in [0.3, 0.4) is 0 Å². The van der Waals surface area contributed by atoms with E-state index >= 15 is 0 Å². The van der Waals surface area contributed by atoms with Crippen molar-refractivity contribution < 1.29 is 9.53 Å². The van der Waals surface area contributed by atoms with Crippen LogP contribution < -0.4 is 15.0 Å². The molecule has 5 rings (SSSR count). The summed E-state index contributed by atoms with van der Waals surface area (Å²) in [5, 5.41) is 2.75. The van der Waals surface area contributed by atoms with Crippen molar-refractivity contribution in [3.8, 4) is 5.88 Å². The van der Waals surface area contributed by atoms with Crippen LogP contribution in [0, 0.1) is 18.3 Å². The number of aromatic nitrogens is 5. The molecule has 29 heavy (non-hydrogen) atoms. The number of rotatable bonds is 5. The van der Waals surface area contributed by atoms with Crippen molar-refractivity contribution in [3.63, 3.8) is 0 Å². The molecule has 1 amide bonds. The van der Waals surface area contributed by atoms with E-state index in [4.69, 9.17) is 4.74 Å². The van der Waals surface area contributed by atoms with Gasteiger partial charge in [-0.05, 0) is 19.3 Å². The van der Waals surface area contributed by atoms with E-state index in [1.165, 1.54) is 26.1 Å². The standard InChI is InChI=1S/C20H23N7O2/c1-4-13-5-20(13)10-27(11-20)16-7-21-14(6-22-16)18(28)24-15-9-26-8-12(2)23-17(26)19(25-15)29-3/h6-9,13H,4-5,10-11H2,1-3H3,(H,24,28)/t13-/m0/s1. The highest BCUT2D eigenvalue weighted by molar-refractivity contribution is 6.02. The summed E-state index contributed by atoms with van der Waals surface area (Å²) in [5.41, 5.74) is 2.19. The van der Waals surface area contributed by atoms with Crippen molar-refractivity contribution in [1.29, 1.82) is 0 Å². The van der Waals surface area contributed by atoms with Crippen LogP contribution in [0.5, 0.6) is 5.88 Å². The van der Waals surface area contributed by atoms with Gasteiger partial charge in [-0.3, -0.25) is 9.20 Å². The van der Waals surface area contributed by atoms with Gasteiger partial charge in [-0.15, -0.1) is 0 Å². The lowest BCUT2D eigenvalue weighted by Crippen LogP contribution is -2.50. The van der Waals surface area contributed by atoms with Crippen molar-refractivity contribution in [2.75, 3.05) is 30.4 Å². The molecule has 1 N–H and O–H groups in total. The first kappa shape index (κ1) is 17.8. The van der Waals surface area contributed by atoms with Crippen LogP contribution in [0.25, 0.3) is 5.65 Å². The molecule has 2 aliphatic rings. The first-order valence-electron chi connectivity index (χ1n) is 9.80. The molecule has 4 heterocycles. The van der Waals surface area contributed by atoms with Crippen LogP contribution in [-0.4, -0.2) is 50.4 Å². The molecule has 9 heteroatoms. The van der Waals surface area contributed by atoms with Gasteiger partial charge in [0.1, 0.15) is 11.5 Å². The van der Waals surface area contributed by atoms with Gasteiger partial charge in [-0.25, -0.2) is 15.0 Å². The number of ether oxygens (including phenoxy) is 1. The van der Waals surface area contributed by atoms with Crippen molar-refractivity contribution >= 4 is 23.2 Å². The molecule has 0 bridgehead atoms. The van der Waals surface area contributed by atoms with Gasteiger partial charge in [0.15, 0.2) is 5.82 Å². The minimum atomic E-state index is -0.372. The summed E-state index contributed by atoms with van der Waals surface area (Å²) in [4.78, 5) is 32.2. The number of imidazole rings is 1. The van der Waals surface area contributed by atoms with E-state index in [0.29, 0.717) is 22.8 Å². The highest BCUT2D eigenvalue weighted by Gasteiger charge is 2.60. The number of aryl methyl sites for hydroxylation is 1. The summed E-state index contributed by atoms with van der Waals surface area (Å²) >= 11 is 0. The SMILES string of the molecule is CC[C@H]1CC12CN(c1cnc(C(=O)Nc3cn4cc(C)nc4c(OC)n3)cn1)C2. The Kier molecular flexibility index (Phi) is 3.94. The number of anilines is 2. The van der Waals surface area contributed by atoms with Gasteiger partial charge < -0.3 is 15.0 Å². The zero-order chi connectivity index (χ0) is 20.2. The number of nitrogens with one attached hydrogen (secondary N) is 1. The third-order valence-corrected chi connectivity index (χ3v) is 6.02. The van der Waals surface area contributed by atoms with E-state index in [2.05, 4.69) is 37.1 Å². The van der Waals surface area contributed by atoms with E-state index in [1.807, 2.05) is 13.1 Å². The Balaban J connectivity index is 1.28. The molecule has 0 aromatic carbocycles. The van der Waals surface area contributed by atoms with Gasteiger partial charge in [0.05, 0.1) is 31.4 Å². The molecule has 150 valence electrons. The van der Waals surface area contributed by atoms with Gasteiger partial charge in [0, 0.05) is 24.7 Å². The summed E-state index contributed by atoms with van der Waals surface area (Å²) in [6.07, 6.45) is 9.29. The number of nitrogens with zero attached hydrogens (tertiary/aromatic N) is 6. The molecular weight excluding hydrogens is 370 g/mol. The van der Waals surface area contributed by atoms with Crippen molar-refractivity contribution in [3.05, 3.63) is 36.2 Å². The van der Waals surface area contributed by atoms with E-state index in [-0.39, 0.29) is 11.6 Å². The lowest BCUT2D eigenvalue weighted by molar-refractivity contribution is 0.102. The molecule has 1 atom stereocenters. The van der Waals surface area contributed by atoms with E-state index < -0.39 is 0 Å². The second-order valence-corrected chi connectivity index (χ2v) is 7.99. The molecule has 3 aromatic rings. The van der Waals surface area contributed by atoms with Crippen LogP contribution in [0.15, 0.2) is 24.8 Å². The lowest BCUT2D eigenvalue weighted by atomic mass is 9.93. The lowest BCUT2D eigenvalue weighted by Gasteiger charge is -2.41. The van der Waals surface area contributed by atoms with Gasteiger partial charge in [0.2, 0.25) is 5.65 Å². The van der Waals surface area contributed by atoms with Crippen LogP contribution in [-0.2, 0) is 0 Å². The number of hydrogen-bond acceptors (Lipinski definition) is 7. The number of methoxy groups -OCH3 is 1. The molecule has 1 spiro atoms. The van der Waals surface area contributed by atoms with Crippen LogP contribution >= 0.6 is 0 Å². The Morgan fingerprint density at radius 3 is 2.76 bits per heavy atom. The molecule has 1 saturated carbocycles. The molecule has 0 radical (unpaired) electrons. The Hall–Kier alpha value is -3.23. The number of hydrogen-bond donors (Lipinski definition) is 1. The predicted octanol–water partition coefficient (Wildman–Crippen LogP) is 2.32. The van der Waals surface area contributed by atoms with E-state index in [9.17, 15) is 4.79 Å². The third kappa shape index (κ3) is 2.97. The summed E-state index contributed by atoms with van der Waals surface area (Å²) in [6.45, 7) is 6.22. The highest BCUT2D eigenvalue weighted by atomic mass is 16.5. The quantitative estimate of drug-likeness (QED) is 0.710. The first-order chi connectivity index (χ1) is 14.0. The maximum Gasteiger partial charge on any atom is 0.277 e. The molecule has 9 nitrogen and oxygen atoms in total. The average molecular weight is 393 g/mol. The maximum atomic E-state index is 12.6. The van der Waals surface area contributed by atoms with Crippen molar-refractivity contribution in [2.24, 2.45) is 11.3 Å². The van der Waals surface area contributed by atoms with Gasteiger partial charge in [-0.2, -0.15) is 4.98 Å². The molecule has 1 aliphatic carbocycles. The third-order valence-electron chi connectivity index (χ3n) is 6.02. The summed E-state index contributed by atoms with van der Waals surface area (Å²) < 4.78 is 7.06. The van der Waals surface area contributed by atoms with Crippen molar-refractivity contribution in [1.82, 2.24) is 24.3 Å². The second kappa shape index (κ2) is 6.40. The molecule has 1 saturated heterocycles. The minimum Gasteiger partial charge on any atom is -0.478 e. The fourth-order valence-corrected chi connectivity index (χ4v) is 4.34. The monoisotopic (exact) mass is 393 g/mol. The van der Waals surface area contributed by atoms with E-state index in [1.54, 1.807) is 16.8 Å². The Labute approximate surface area is 168 Å². The van der Waals surface area contributed by atoms with Crippen LogP contribution in [0.4, 0.5) is 11.6 Å². The summed E-state index contributed by atoms with van der Waals surface area (Å²) in [7, 11) is 1.52. The van der Waals surface area contributed by atoms with Crippen molar-refractivity contribution in [2.45, 2.75) is 26.7 Å².